The third kappa shape index (κ3) is 7.63. The molecule has 0 aliphatic carbocycles. The summed E-state index contributed by atoms with van der Waals surface area (Å²) in [6.07, 6.45) is 0.510. The topological polar surface area (TPSA) is 67.9 Å². The molecule has 0 saturated heterocycles. The SMILES string of the molecule is CC[C@H](C(=O)NCC(C)C)N(Cc1ccc(OC)cc1)C(=O)COc1ccc(C)cc1. The smallest absolute Gasteiger partial charge is 0.261 e. The summed E-state index contributed by atoms with van der Waals surface area (Å²) in [4.78, 5) is 27.6. The Morgan fingerprint density at radius 1 is 1.00 bits per heavy atom. The summed E-state index contributed by atoms with van der Waals surface area (Å²) in [5.41, 5.74) is 2.03. The minimum absolute atomic E-state index is 0.132. The van der Waals surface area contributed by atoms with E-state index in [1.165, 1.54) is 0 Å². The van der Waals surface area contributed by atoms with Gasteiger partial charge in [-0.15, -0.1) is 0 Å². The number of benzene rings is 2. The largest absolute Gasteiger partial charge is 0.497 e. The molecule has 2 aromatic rings. The lowest BCUT2D eigenvalue weighted by Crippen LogP contribution is -2.50. The van der Waals surface area contributed by atoms with Gasteiger partial charge in [-0.3, -0.25) is 9.59 Å². The lowest BCUT2D eigenvalue weighted by molar-refractivity contribution is -0.143. The Kier molecular flexibility index (Phi) is 9.38. The number of carbonyl (C=O) groups excluding carboxylic acids is 2. The van der Waals surface area contributed by atoms with Crippen molar-refractivity contribution in [1.82, 2.24) is 10.2 Å². The molecule has 2 rings (SSSR count). The van der Waals surface area contributed by atoms with Crippen molar-refractivity contribution >= 4 is 11.8 Å². The van der Waals surface area contributed by atoms with E-state index in [1.807, 2.05) is 76.2 Å². The third-order valence-electron chi connectivity index (χ3n) is 4.97. The van der Waals surface area contributed by atoms with E-state index in [1.54, 1.807) is 12.0 Å². The molecule has 2 aromatic carbocycles. The van der Waals surface area contributed by atoms with Crippen LogP contribution >= 0.6 is 0 Å². The van der Waals surface area contributed by atoms with E-state index >= 15 is 0 Å². The minimum atomic E-state index is -0.574. The normalized spacial score (nSPS) is 11.7. The summed E-state index contributed by atoms with van der Waals surface area (Å²) < 4.78 is 10.9. The highest BCUT2D eigenvalue weighted by molar-refractivity contribution is 5.88. The van der Waals surface area contributed by atoms with Crippen LogP contribution in [0.5, 0.6) is 11.5 Å². The highest BCUT2D eigenvalue weighted by atomic mass is 16.5. The van der Waals surface area contributed by atoms with E-state index < -0.39 is 6.04 Å². The van der Waals surface area contributed by atoms with Crippen LogP contribution in [0.4, 0.5) is 0 Å². The molecule has 0 unspecified atom stereocenters. The molecular formula is C25H34N2O4. The quantitative estimate of drug-likeness (QED) is 0.591. The zero-order valence-corrected chi connectivity index (χ0v) is 19.2. The van der Waals surface area contributed by atoms with Crippen molar-refractivity contribution in [3.63, 3.8) is 0 Å². The number of hydrogen-bond donors (Lipinski definition) is 1. The Bertz CT molecular complexity index is 832. The Morgan fingerprint density at radius 2 is 1.61 bits per heavy atom. The van der Waals surface area contributed by atoms with Crippen LogP contribution in [0.3, 0.4) is 0 Å². The van der Waals surface area contributed by atoms with Crippen molar-refractivity contribution in [1.29, 1.82) is 0 Å². The Hall–Kier alpha value is -3.02. The molecule has 0 aromatic heterocycles. The summed E-state index contributed by atoms with van der Waals surface area (Å²) in [7, 11) is 1.61. The number of ether oxygens (including phenoxy) is 2. The molecule has 168 valence electrons. The molecule has 1 N–H and O–H groups in total. The first-order chi connectivity index (χ1) is 14.8. The third-order valence-corrected chi connectivity index (χ3v) is 4.97. The standard InChI is InChI=1S/C25H34N2O4/c1-6-23(25(29)26-15-18(2)3)27(16-20-9-13-21(30-5)14-10-20)24(28)17-31-22-11-7-19(4)8-12-22/h7-14,18,23H,6,15-17H2,1-5H3,(H,26,29)/t23-/m1/s1. The molecule has 6 heteroatoms. The van der Waals surface area contributed by atoms with E-state index in [2.05, 4.69) is 5.32 Å². The van der Waals surface area contributed by atoms with Gasteiger partial charge in [0, 0.05) is 13.1 Å². The van der Waals surface area contributed by atoms with Gasteiger partial charge in [-0.1, -0.05) is 50.6 Å². The molecule has 0 aliphatic heterocycles. The summed E-state index contributed by atoms with van der Waals surface area (Å²) in [6, 6.07) is 14.5. The maximum absolute atomic E-state index is 13.2. The van der Waals surface area contributed by atoms with Crippen molar-refractivity contribution in [2.24, 2.45) is 5.92 Å². The second kappa shape index (κ2) is 12.0. The molecule has 0 heterocycles. The van der Waals surface area contributed by atoms with Gasteiger partial charge in [0.25, 0.3) is 5.91 Å². The predicted octanol–water partition coefficient (Wildman–Crippen LogP) is 3.96. The van der Waals surface area contributed by atoms with Crippen molar-refractivity contribution in [2.75, 3.05) is 20.3 Å². The van der Waals surface area contributed by atoms with Gasteiger partial charge in [-0.2, -0.15) is 0 Å². The van der Waals surface area contributed by atoms with Crippen molar-refractivity contribution < 1.29 is 19.1 Å². The van der Waals surface area contributed by atoms with Gasteiger partial charge in [-0.25, -0.2) is 0 Å². The first kappa shape index (κ1) is 24.3. The van der Waals surface area contributed by atoms with Gasteiger partial charge < -0.3 is 19.7 Å². The average Bonchev–Trinajstić information content (AvgIpc) is 2.77. The van der Waals surface area contributed by atoms with E-state index in [-0.39, 0.29) is 18.4 Å². The lowest BCUT2D eigenvalue weighted by Gasteiger charge is -2.31. The second-order valence-electron chi connectivity index (χ2n) is 8.03. The summed E-state index contributed by atoms with van der Waals surface area (Å²) >= 11 is 0. The fraction of sp³-hybridized carbons (Fsp3) is 0.440. The number of rotatable bonds is 11. The molecular weight excluding hydrogens is 392 g/mol. The molecule has 0 radical (unpaired) electrons. The van der Waals surface area contributed by atoms with Gasteiger partial charge >= 0.3 is 0 Å². The van der Waals surface area contributed by atoms with Crippen LogP contribution in [0, 0.1) is 12.8 Å². The first-order valence-electron chi connectivity index (χ1n) is 10.7. The zero-order chi connectivity index (χ0) is 22.8. The zero-order valence-electron chi connectivity index (χ0n) is 19.2. The molecule has 1 atom stereocenters. The minimum Gasteiger partial charge on any atom is -0.497 e. The molecule has 6 nitrogen and oxygen atoms in total. The van der Waals surface area contributed by atoms with Crippen LogP contribution in [0.25, 0.3) is 0 Å². The molecule has 31 heavy (non-hydrogen) atoms. The van der Waals surface area contributed by atoms with Crippen LogP contribution < -0.4 is 14.8 Å². The monoisotopic (exact) mass is 426 g/mol. The molecule has 0 saturated carbocycles. The number of methoxy groups -OCH3 is 1. The van der Waals surface area contributed by atoms with Crippen molar-refractivity contribution in [3.05, 3.63) is 59.7 Å². The summed E-state index contributed by atoms with van der Waals surface area (Å²) in [6.45, 7) is 8.73. The van der Waals surface area contributed by atoms with E-state index in [9.17, 15) is 9.59 Å². The van der Waals surface area contributed by atoms with Crippen LogP contribution in [-0.2, 0) is 16.1 Å². The number of nitrogens with one attached hydrogen (secondary N) is 1. The number of carbonyl (C=O) groups is 2. The maximum Gasteiger partial charge on any atom is 0.261 e. The fourth-order valence-electron chi connectivity index (χ4n) is 3.13. The molecule has 0 spiro atoms. The Balaban J connectivity index is 2.18. The van der Waals surface area contributed by atoms with Gasteiger partial charge in [0.2, 0.25) is 5.91 Å². The maximum atomic E-state index is 13.2. The van der Waals surface area contributed by atoms with Gasteiger partial charge in [0.15, 0.2) is 6.61 Å². The molecule has 2 amide bonds. The average molecular weight is 427 g/mol. The fourth-order valence-corrected chi connectivity index (χ4v) is 3.13. The number of amides is 2. The van der Waals surface area contributed by atoms with Crippen LogP contribution in [-0.4, -0.2) is 43.0 Å². The lowest BCUT2D eigenvalue weighted by atomic mass is 10.1. The van der Waals surface area contributed by atoms with Crippen molar-refractivity contribution in [2.45, 2.75) is 46.7 Å². The van der Waals surface area contributed by atoms with Crippen LogP contribution in [0.2, 0.25) is 0 Å². The van der Waals surface area contributed by atoms with Gasteiger partial charge in [-0.05, 0) is 49.1 Å². The number of hydrogen-bond acceptors (Lipinski definition) is 4. The van der Waals surface area contributed by atoms with Crippen molar-refractivity contribution in [3.8, 4) is 11.5 Å². The Labute approximate surface area is 185 Å². The second-order valence-corrected chi connectivity index (χ2v) is 8.03. The van der Waals surface area contributed by atoms with Crippen LogP contribution in [0.1, 0.15) is 38.3 Å². The van der Waals surface area contributed by atoms with E-state index in [4.69, 9.17) is 9.47 Å². The summed E-state index contributed by atoms with van der Waals surface area (Å²) in [5, 5.41) is 2.96. The predicted molar refractivity (Wildman–Crippen MR) is 122 cm³/mol. The number of nitrogens with zero attached hydrogens (tertiary/aromatic N) is 1. The molecule has 0 aliphatic rings. The highest BCUT2D eigenvalue weighted by Crippen LogP contribution is 2.17. The van der Waals surface area contributed by atoms with Gasteiger partial charge in [0.1, 0.15) is 17.5 Å². The molecule has 0 fully saturated rings. The summed E-state index contributed by atoms with van der Waals surface area (Å²) in [5.74, 6) is 1.32. The van der Waals surface area contributed by atoms with E-state index in [0.29, 0.717) is 31.2 Å². The van der Waals surface area contributed by atoms with Gasteiger partial charge in [0.05, 0.1) is 7.11 Å². The number of aryl methyl sites for hydroxylation is 1. The Morgan fingerprint density at radius 3 is 2.16 bits per heavy atom. The van der Waals surface area contributed by atoms with E-state index in [0.717, 1.165) is 16.9 Å². The van der Waals surface area contributed by atoms with Crippen LogP contribution in [0.15, 0.2) is 48.5 Å². The first-order valence-corrected chi connectivity index (χ1v) is 10.7. The molecule has 0 bridgehead atoms. The highest BCUT2D eigenvalue weighted by Gasteiger charge is 2.29.